The average Bonchev–Trinajstić information content (AvgIpc) is 2.13. The molecule has 0 aromatic carbocycles. The van der Waals surface area contributed by atoms with E-state index in [0.717, 1.165) is 6.42 Å². The van der Waals surface area contributed by atoms with Gasteiger partial charge >= 0.3 is 0 Å². The maximum Gasteiger partial charge on any atom is 0.214 e. The first-order chi connectivity index (χ1) is 7.31. The van der Waals surface area contributed by atoms with E-state index in [1.165, 1.54) is 4.31 Å². The van der Waals surface area contributed by atoms with Crippen LogP contribution in [0.5, 0.6) is 0 Å². The second kappa shape index (κ2) is 6.85. The van der Waals surface area contributed by atoms with Crippen molar-refractivity contribution >= 4 is 15.9 Å². The van der Waals surface area contributed by atoms with Gasteiger partial charge in [-0.2, -0.15) is 4.31 Å². The summed E-state index contributed by atoms with van der Waals surface area (Å²) in [6, 6.07) is -0.0822. The Bertz CT molecular complexity index is 312. The molecule has 96 valence electrons. The highest BCUT2D eigenvalue weighted by Gasteiger charge is 2.23. The Hall–Kier alpha value is -0.620. The van der Waals surface area contributed by atoms with Gasteiger partial charge in [0.1, 0.15) is 0 Å². The van der Waals surface area contributed by atoms with Crippen molar-refractivity contribution in [3.63, 3.8) is 0 Å². The van der Waals surface area contributed by atoms with Gasteiger partial charge in [-0.05, 0) is 20.3 Å². The summed E-state index contributed by atoms with van der Waals surface area (Å²) in [7, 11) is -3.20. The lowest BCUT2D eigenvalue weighted by molar-refractivity contribution is 0.361. The molecule has 16 heavy (non-hydrogen) atoms. The van der Waals surface area contributed by atoms with Gasteiger partial charge in [0, 0.05) is 19.0 Å². The van der Waals surface area contributed by atoms with Crippen LogP contribution in [0, 0.1) is 5.41 Å². The largest absolute Gasteiger partial charge is 0.388 e. The van der Waals surface area contributed by atoms with Crippen molar-refractivity contribution in [2.75, 3.05) is 12.3 Å². The Morgan fingerprint density at radius 1 is 1.44 bits per heavy atom. The molecule has 0 fully saturated rings. The van der Waals surface area contributed by atoms with Gasteiger partial charge in [0.15, 0.2) is 0 Å². The number of nitrogens with zero attached hydrogens (tertiary/aromatic N) is 1. The summed E-state index contributed by atoms with van der Waals surface area (Å²) in [4.78, 5) is 0. The molecule has 0 aliphatic heterocycles. The van der Waals surface area contributed by atoms with Crippen molar-refractivity contribution in [1.29, 1.82) is 5.41 Å². The summed E-state index contributed by atoms with van der Waals surface area (Å²) in [6.45, 7) is 5.94. The summed E-state index contributed by atoms with van der Waals surface area (Å²) >= 11 is 0. The van der Waals surface area contributed by atoms with Crippen LogP contribution in [0.15, 0.2) is 0 Å². The minimum atomic E-state index is -3.20. The molecule has 0 spiro atoms. The first-order valence-corrected chi connectivity index (χ1v) is 7.24. The summed E-state index contributed by atoms with van der Waals surface area (Å²) in [6.07, 6.45) is 1.83. The topological polar surface area (TPSA) is 87.2 Å². The van der Waals surface area contributed by atoms with Crippen LogP contribution in [0.2, 0.25) is 0 Å². The molecule has 0 bridgehead atoms. The van der Waals surface area contributed by atoms with Crippen LogP contribution >= 0.6 is 0 Å². The standard InChI is InChI=1S/C10H23N3O2S/c1-4-5-8-16(14,15)13(9(2)3)7-6-10(11)12/h9H,4-8H2,1-3H3,(H3,11,12). The first kappa shape index (κ1) is 15.4. The van der Waals surface area contributed by atoms with Gasteiger partial charge in [0.25, 0.3) is 0 Å². The van der Waals surface area contributed by atoms with Crippen molar-refractivity contribution in [2.45, 2.75) is 46.1 Å². The Kier molecular flexibility index (Phi) is 6.59. The lowest BCUT2D eigenvalue weighted by Gasteiger charge is -2.25. The second-order valence-corrected chi connectivity index (χ2v) is 6.19. The highest BCUT2D eigenvalue weighted by Crippen LogP contribution is 2.10. The molecule has 6 heteroatoms. The van der Waals surface area contributed by atoms with Crippen LogP contribution in [0.3, 0.4) is 0 Å². The third-order valence-electron chi connectivity index (χ3n) is 2.29. The number of rotatable bonds is 8. The molecule has 0 heterocycles. The minimum Gasteiger partial charge on any atom is -0.388 e. The number of unbranched alkanes of at least 4 members (excludes halogenated alkanes) is 1. The van der Waals surface area contributed by atoms with E-state index in [1.54, 1.807) is 0 Å². The molecule has 0 aromatic rings. The SMILES string of the molecule is CCCCS(=O)(=O)N(CCC(=N)N)C(C)C. The van der Waals surface area contributed by atoms with Gasteiger partial charge < -0.3 is 5.73 Å². The third-order valence-corrected chi connectivity index (χ3v) is 4.41. The van der Waals surface area contributed by atoms with Crippen LogP contribution in [-0.2, 0) is 10.0 Å². The Morgan fingerprint density at radius 3 is 2.38 bits per heavy atom. The van der Waals surface area contributed by atoms with E-state index < -0.39 is 10.0 Å². The minimum absolute atomic E-state index is 0.0244. The predicted molar refractivity (Wildman–Crippen MR) is 67.1 cm³/mol. The van der Waals surface area contributed by atoms with Gasteiger partial charge in [-0.3, -0.25) is 5.41 Å². The second-order valence-electron chi connectivity index (χ2n) is 4.15. The fourth-order valence-corrected chi connectivity index (χ4v) is 3.29. The van der Waals surface area contributed by atoms with Crippen LogP contribution < -0.4 is 5.73 Å². The van der Waals surface area contributed by atoms with E-state index in [4.69, 9.17) is 11.1 Å². The van der Waals surface area contributed by atoms with Crippen LogP contribution in [0.4, 0.5) is 0 Å². The molecule has 0 aliphatic rings. The van der Waals surface area contributed by atoms with E-state index in [0.29, 0.717) is 19.4 Å². The van der Waals surface area contributed by atoms with Crippen molar-refractivity contribution in [3.05, 3.63) is 0 Å². The van der Waals surface area contributed by atoms with Gasteiger partial charge in [0.05, 0.1) is 11.6 Å². The van der Waals surface area contributed by atoms with Crippen LogP contribution in [0.1, 0.15) is 40.0 Å². The molecule has 0 aliphatic carbocycles. The van der Waals surface area contributed by atoms with E-state index in [-0.39, 0.29) is 17.6 Å². The zero-order valence-corrected chi connectivity index (χ0v) is 11.2. The zero-order chi connectivity index (χ0) is 12.8. The Labute approximate surface area is 98.6 Å². The predicted octanol–water partition coefficient (Wildman–Crippen LogP) is 1.15. The monoisotopic (exact) mass is 249 g/mol. The fraction of sp³-hybridized carbons (Fsp3) is 0.900. The smallest absolute Gasteiger partial charge is 0.214 e. The number of nitrogens with one attached hydrogen (secondary N) is 1. The quantitative estimate of drug-likeness (QED) is 0.499. The number of sulfonamides is 1. The van der Waals surface area contributed by atoms with Crippen molar-refractivity contribution < 1.29 is 8.42 Å². The molecule has 0 saturated heterocycles. The molecule has 0 rings (SSSR count). The van der Waals surface area contributed by atoms with Gasteiger partial charge in [0.2, 0.25) is 10.0 Å². The Balaban J connectivity index is 4.57. The van der Waals surface area contributed by atoms with E-state index in [2.05, 4.69) is 0 Å². The van der Waals surface area contributed by atoms with Crippen LogP contribution in [0.25, 0.3) is 0 Å². The molecule has 0 atom stereocenters. The number of hydrogen-bond acceptors (Lipinski definition) is 3. The molecule has 0 amide bonds. The van der Waals surface area contributed by atoms with Gasteiger partial charge in [-0.25, -0.2) is 8.42 Å². The van der Waals surface area contributed by atoms with E-state index in [1.807, 2.05) is 20.8 Å². The lowest BCUT2D eigenvalue weighted by atomic mass is 10.3. The van der Waals surface area contributed by atoms with Gasteiger partial charge in [-0.15, -0.1) is 0 Å². The molecular formula is C10H23N3O2S. The van der Waals surface area contributed by atoms with Crippen LogP contribution in [-0.4, -0.2) is 36.9 Å². The highest BCUT2D eigenvalue weighted by atomic mass is 32.2. The van der Waals surface area contributed by atoms with E-state index >= 15 is 0 Å². The summed E-state index contributed by atoms with van der Waals surface area (Å²) in [5.41, 5.74) is 5.25. The van der Waals surface area contributed by atoms with Gasteiger partial charge in [-0.1, -0.05) is 13.3 Å². The maximum atomic E-state index is 12.0. The summed E-state index contributed by atoms with van der Waals surface area (Å²) in [5.74, 6) is 0.205. The highest BCUT2D eigenvalue weighted by molar-refractivity contribution is 7.89. The molecule has 0 radical (unpaired) electrons. The van der Waals surface area contributed by atoms with E-state index in [9.17, 15) is 8.42 Å². The number of amidine groups is 1. The third kappa shape index (κ3) is 5.46. The number of hydrogen-bond donors (Lipinski definition) is 2. The summed E-state index contributed by atoms with van der Waals surface area (Å²) in [5, 5.41) is 7.13. The molecule has 3 N–H and O–H groups in total. The molecule has 0 unspecified atom stereocenters. The zero-order valence-electron chi connectivity index (χ0n) is 10.4. The van der Waals surface area contributed by atoms with Crippen molar-refractivity contribution in [3.8, 4) is 0 Å². The molecule has 5 nitrogen and oxygen atoms in total. The molecule has 0 saturated carbocycles. The molecular weight excluding hydrogens is 226 g/mol. The number of nitrogens with two attached hydrogens (primary N) is 1. The summed E-state index contributed by atoms with van der Waals surface area (Å²) < 4.78 is 25.4. The lowest BCUT2D eigenvalue weighted by Crippen LogP contribution is -2.40. The average molecular weight is 249 g/mol. The maximum absolute atomic E-state index is 12.0. The van der Waals surface area contributed by atoms with Crippen molar-refractivity contribution in [1.82, 2.24) is 4.31 Å². The van der Waals surface area contributed by atoms with Crippen molar-refractivity contribution in [2.24, 2.45) is 5.73 Å². The Morgan fingerprint density at radius 2 is 2.00 bits per heavy atom. The molecule has 0 aromatic heterocycles. The first-order valence-electron chi connectivity index (χ1n) is 5.63. The fourth-order valence-electron chi connectivity index (χ4n) is 1.39. The normalized spacial score (nSPS) is 12.3.